The molecule has 0 N–H and O–H groups in total. The number of carbonyl (C=O) groups is 1. The van der Waals surface area contributed by atoms with Crippen molar-refractivity contribution in [3.8, 4) is 22.2 Å². The van der Waals surface area contributed by atoms with E-state index in [4.69, 9.17) is 9.47 Å². The Hall–Kier alpha value is -3.97. The predicted octanol–water partition coefficient (Wildman–Crippen LogP) is 5.64. The van der Waals surface area contributed by atoms with Gasteiger partial charge in [0, 0.05) is 24.5 Å². The van der Waals surface area contributed by atoms with Crippen molar-refractivity contribution in [3.63, 3.8) is 0 Å². The molecule has 1 aliphatic rings. The number of aromatic nitrogens is 2. The standard InChI is InChI=1S/C27H23N3O3S/c1-19-25(34-26(29-19)22-11-5-6-14-28-22)27(31)30(15-7-10-20-8-3-2-4-9-20)21-12-13-23-24(18-21)33-17-16-32-23/h2-14,18H,15-17H2,1H3/b10-7+. The number of amides is 1. The van der Waals surface area contributed by atoms with Gasteiger partial charge < -0.3 is 14.4 Å². The fraction of sp³-hybridized carbons (Fsp3) is 0.148. The molecule has 7 heteroatoms. The van der Waals surface area contributed by atoms with Gasteiger partial charge in [0.25, 0.3) is 5.91 Å². The molecule has 0 aliphatic carbocycles. The fourth-order valence-electron chi connectivity index (χ4n) is 3.68. The molecule has 2 aromatic carbocycles. The molecule has 0 saturated heterocycles. The second kappa shape index (κ2) is 9.89. The molecular weight excluding hydrogens is 446 g/mol. The number of rotatable bonds is 6. The number of thiazole rings is 1. The van der Waals surface area contributed by atoms with E-state index in [1.165, 1.54) is 11.3 Å². The van der Waals surface area contributed by atoms with Crippen LogP contribution in [0.2, 0.25) is 0 Å². The Morgan fingerprint density at radius 3 is 2.62 bits per heavy atom. The summed E-state index contributed by atoms with van der Waals surface area (Å²) in [7, 11) is 0. The molecule has 6 nitrogen and oxygen atoms in total. The van der Waals surface area contributed by atoms with Crippen molar-refractivity contribution in [2.24, 2.45) is 0 Å². The molecule has 0 fully saturated rings. The zero-order valence-electron chi connectivity index (χ0n) is 18.7. The van der Waals surface area contributed by atoms with Crippen LogP contribution in [-0.4, -0.2) is 35.6 Å². The van der Waals surface area contributed by atoms with E-state index in [2.05, 4.69) is 9.97 Å². The van der Waals surface area contributed by atoms with E-state index < -0.39 is 0 Å². The maximum atomic E-state index is 13.8. The van der Waals surface area contributed by atoms with Gasteiger partial charge in [0.1, 0.15) is 23.1 Å². The number of benzene rings is 2. The third-order valence-electron chi connectivity index (χ3n) is 5.36. The zero-order chi connectivity index (χ0) is 23.3. The van der Waals surface area contributed by atoms with E-state index in [1.54, 1.807) is 11.1 Å². The summed E-state index contributed by atoms with van der Waals surface area (Å²) in [6.07, 6.45) is 5.72. The molecule has 1 amide bonds. The fourth-order valence-corrected chi connectivity index (χ4v) is 4.67. The molecule has 0 bridgehead atoms. The first-order valence-corrected chi connectivity index (χ1v) is 11.8. The molecule has 1 aliphatic heterocycles. The first kappa shape index (κ1) is 21.9. The highest BCUT2D eigenvalue weighted by Gasteiger charge is 2.24. The summed E-state index contributed by atoms with van der Waals surface area (Å²) >= 11 is 1.36. The lowest BCUT2D eigenvalue weighted by atomic mass is 10.2. The van der Waals surface area contributed by atoms with Crippen molar-refractivity contribution in [2.75, 3.05) is 24.7 Å². The SMILES string of the molecule is Cc1nc(-c2ccccn2)sc1C(=O)N(C/C=C/c1ccccc1)c1ccc2c(c1)OCCO2. The Labute approximate surface area is 202 Å². The number of fused-ring (bicyclic) bond motifs is 1. The van der Waals surface area contributed by atoms with Crippen LogP contribution < -0.4 is 14.4 Å². The molecule has 170 valence electrons. The van der Waals surface area contributed by atoms with E-state index in [0.717, 1.165) is 22.0 Å². The van der Waals surface area contributed by atoms with Crippen LogP contribution in [-0.2, 0) is 0 Å². The minimum Gasteiger partial charge on any atom is -0.486 e. The highest BCUT2D eigenvalue weighted by molar-refractivity contribution is 7.17. The van der Waals surface area contributed by atoms with E-state index in [1.807, 2.05) is 85.8 Å². The molecule has 0 radical (unpaired) electrons. The molecule has 0 atom stereocenters. The number of hydrogen-bond acceptors (Lipinski definition) is 6. The Kier molecular flexibility index (Phi) is 6.35. The van der Waals surface area contributed by atoms with Crippen LogP contribution in [0.4, 0.5) is 5.69 Å². The summed E-state index contributed by atoms with van der Waals surface area (Å²) in [5.41, 5.74) is 3.25. The Bertz CT molecular complexity index is 1320. The van der Waals surface area contributed by atoms with Crippen LogP contribution in [0.25, 0.3) is 16.8 Å². The van der Waals surface area contributed by atoms with Crippen LogP contribution in [0.1, 0.15) is 20.9 Å². The number of nitrogens with zero attached hydrogens (tertiary/aromatic N) is 3. The molecule has 34 heavy (non-hydrogen) atoms. The Morgan fingerprint density at radius 1 is 1.03 bits per heavy atom. The molecular formula is C27H23N3O3S. The first-order valence-electron chi connectivity index (χ1n) is 11.0. The van der Waals surface area contributed by atoms with Gasteiger partial charge >= 0.3 is 0 Å². The molecule has 5 rings (SSSR count). The van der Waals surface area contributed by atoms with Crippen molar-refractivity contribution >= 4 is 29.0 Å². The lowest BCUT2D eigenvalue weighted by Gasteiger charge is -2.24. The van der Waals surface area contributed by atoms with Crippen molar-refractivity contribution < 1.29 is 14.3 Å². The average Bonchev–Trinajstić information content (AvgIpc) is 3.29. The highest BCUT2D eigenvalue weighted by Crippen LogP contribution is 2.35. The largest absolute Gasteiger partial charge is 0.486 e. The van der Waals surface area contributed by atoms with Gasteiger partial charge in [0.2, 0.25) is 0 Å². The van der Waals surface area contributed by atoms with Crippen LogP contribution >= 0.6 is 11.3 Å². The van der Waals surface area contributed by atoms with E-state index in [9.17, 15) is 4.79 Å². The number of ether oxygens (including phenoxy) is 2. The van der Waals surface area contributed by atoms with Gasteiger partial charge in [-0.2, -0.15) is 0 Å². The molecule has 2 aromatic heterocycles. The number of aryl methyl sites for hydroxylation is 1. The van der Waals surface area contributed by atoms with Crippen LogP contribution in [0.5, 0.6) is 11.5 Å². The van der Waals surface area contributed by atoms with Gasteiger partial charge in [-0.1, -0.05) is 48.6 Å². The van der Waals surface area contributed by atoms with E-state index >= 15 is 0 Å². The maximum absolute atomic E-state index is 13.8. The quantitative estimate of drug-likeness (QED) is 0.365. The maximum Gasteiger partial charge on any atom is 0.270 e. The lowest BCUT2D eigenvalue weighted by molar-refractivity contribution is 0.0992. The third kappa shape index (κ3) is 4.70. The Balaban J connectivity index is 1.48. The summed E-state index contributed by atoms with van der Waals surface area (Å²) in [5, 5.41) is 0.725. The van der Waals surface area contributed by atoms with Crippen molar-refractivity contribution in [1.29, 1.82) is 0 Å². The number of hydrogen-bond donors (Lipinski definition) is 0. The minimum absolute atomic E-state index is 0.119. The first-order chi connectivity index (χ1) is 16.7. The van der Waals surface area contributed by atoms with Gasteiger partial charge in [0.05, 0.1) is 11.4 Å². The minimum atomic E-state index is -0.119. The molecule has 3 heterocycles. The van der Waals surface area contributed by atoms with E-state index in [0.29, 0.717) is 41.8 Å². The summed E-state index contributed by atoms with van der Waals surface area (Å²) in [5.74, 6) is 1.21. The van der Waals surface area contributed by atoms with Gasteiger partial charge in [0.15, 0.2) is 11.5 Å². The topological polar surface area (TPSA) is 64.6 Å². The average molecular weight is 470 g/mol. The predicted molar refractivity (Wildman–Crippen MR) is 135 cm³/mol. The highest BCUT2D eigenvalue weighted by atomic mass is 32.1. The molecule has 0 saturated carbocycles. The summed E-state index contributed by atoms with van der Waals surface area (Å²) in [4.78, 5) is 25.1. The van der Waals surface area contributed by atoms with Crippen molar-refractivity contribution in [1.82, 2.24) is 9.97 Å². The van der Waals surface area contributed by atoms with Crippen molar-refractivity contribution in [3.05, 3.63) is 95.1 Å². The van der Waals surface area contributed by atoms with Crippen LogP contribution in [0.15, 0.2) is 79.0 Å². The lowest BCUT2D eigenvalue weighted by Crippen LogP contribution is -2.31. The second-order valence-electron chi connectivity index (χ2n) is 7.71. The number of pyridine rings is 1. The summed E-state index contributed by atoms with van der Waals surface area (Å²) in [6.45, 7) is 3.26. The number of carbonyl (C=O) groups excluding carboxylic acids is 1. The summed E-state index contributed by atoms with van der Waals surface area (Å²) in [6, 6.07) is 21.3. The normalized spacial score (nSPS) is 12.6. The van der Waals surface area contributed by atoms with Crippen molar-refractivity contribution in [2.45, 2.75) is 6.92 Å². The monoisotopic (exact) mass is 469 g/mol. The smallest absolute Gasteiger partial charge is 0.270 e. The zero-order valence-corrected chi connectivity index (χ0v) is 19.5. The van der Waals surface area contributed by atoms with Gasteiger partial charge in [-0.3, -0.25) is 9.78 Å². The second-order valence-corrected chi connectivity index (χ2v) is 8.70. The Morgan fingerprint density at radius 2 is 1.82 bits per heavy atom. The third-order valence-corrected chi connectivity index (χ3v) is 6.52. The van der Waals surface area contributed by atoms with Gasteiger partial charge in [-0.15, -0.1) is 11.3 Å². The van der Waals surface area contributed by atoms with Gasteiger partial charge in [-0.05, 0) is 36.8 Å². The van der Waals surface area contributed by atoms with Gasteiger partial charge in [-0.25, -0.2) is 4.98 Å². The molecule has 0 unspecified atom stereocenters. The van der Waals surface area contributed by atoms with E-state index in [-0.39, 0.29) is 5.91 Å². The summed E-state index contributed by atoms with van der Waals surface area (Å²) < 4.78 is 11.4. The molecule has 4 aromatic rings. The molecule has 0 spiro atoms. The van der Waals surface area contributed by atoms with Crippen LogP contribution in [0, 0.1) is 6.92 Å². The number of anilines is 1. The van der Waals surface area contributed by atoms with Crippen LogP contribution in [0.3, 0.4) is 0 Å².